The predicted molar refractivity (Wildman–Crippen MR) is 63.2 cm³/mol. The molecule has 0 aromatic rings. The van der Waals surface area contributed by atoms with Gasteiger partial charge in [0.2, 0.25) is 5.91 Å². The number of ether oxygens (including phenoxy) is 1. The van der Waals surface area contributed by atoms with Crippen LogP contribution in [0.3, 0.4) is 0 Å². The minimum Gasteiger partial charge on any atom is -0.380 e. The van der Waals surface area contributed by atoms with Crippen LogP contribution in [0.4, 0.5) is 0 Å². The van der Waals surface area contributed by atoms with Crippen LogP contribution in [0, 0.1) is 0 Å². The summed E-state index contributed by atoms with van der Waals surface area (Å²) in [5.74, 6) is 0.0597. The molecule has 0 radical (unpaired) electrons. The highest BCUT2D eigenvalue weighted by atomic mass is 16.5. The number of carbonyl (C=O) groups is 1. The first-order valence-corrected chi connectivity index (χ1v) is 5.99. The lowest BCUT2D eigenvalue weighted by atomic mass is 10.2. The molecule has 1 rings (SSSR count). The summed E-state index contributed by atoms with van der Waals surface area (Å²) in [4.78, 5) is 15.8. The van der Waals surface area contributed by atoms with E-state index in [-0.39, 0.29) is 11.9 Å². The molecule has 0 bridgehead atoms. The SMILES string of the molecule is CCOCCN1CCN(C(=O)C(C)N)CC1. The predicted octanol–water partition coefficient (Wildman–Crippen LogP) is -0.486. The van der Waals surface area contributed by atoms with Crippen LogP contribution in [-0.2, 0) is 9.53 Å². The first-order chi connectivity index (χ1) is 7.65. The second-order valence-electron chi connectivity index (χ2n) is 4.15. The van der Waals surface area contributed by atoms with Crippen LogP contribution in [0.1, 0.15) is 13.8 Å². The van der Waals surface area contributed by atoms with Crippen LogP contribution in [0.25, 0.3) is 0 Å². The molecule has 1 saturated heterocycles. The molecule has 0 aromatic carbocycles. The first kappa shape index (κ1) is 13.4. The summed E-state index contributed by atoms with van der Waals surface area (Å²) < 4.78 is 5.31. The fourth-order valence-corrected chi connectivity index (χ4v) is 1.82. The second-order valence-corrected chi connectivity index (χ2v) is 4.15. The molecule has 1 unspecified atom stereocenters. The molecule has 1 amide bonds. The van der Waals surface area contributed by atoms with Gasteiger partial charge < -0.3 is 15.4 Å². The van der Waals surface area contributed by atoms with Crippen LogP contribution >= 0.6 is 0 Å². The van der Waals surface area contributed by atoms with Crippen molar-refractivity contribution in [3.05, 3.63) is 0 Å². The van der Waals surface area contributed by atoms with Crippen molar-refractivity contribution in [1.29, 1.82) is 0 Å². The fourth-order valence-electron chi connectivity index (χ4n) is 1.82. The van der Waals surface area contributed by atoms with Crippen LogP contribution in [0.2, 0.25) is 0 Å². The number of carbonyl (C=O) groups excluding carboxylic acids is 1. The number of hydrogen-bond acceptors (Lipinski definition) is 4. The third kappa shape index (κ3) is 4.08. The zero-order valence-corrected chi connectivity index (χ0v) is 10.3. The van der Waals surface area contributed by atoms with E-state index in [0.717, 1.165) is 45.9 Å². The minimum atomic E-state index is -0.380. The Morgan fingerprint density at radius 3 is 2.50 bits per heavy atom. The Bertz CT molecular complexity index is 213. The van der Waals surface area contributed by atoms with E-state index in [1.54, 1.807) is 6.92 Å². The van der Waals surface area contributed by atoms with E-state index in [1.807, 2.05) is 11.8 Å². The Kier molecular flexibility index (Phi) is 5.73. The lowest BCUT2D eigenvalue weighted by Gasteiger charge is -2.35. The van der Waals surface area contributed by atoms with Crippen molar-refractivity contribution in [3.63, 3.8) is 0 Å². The van der Waals surface area contributed by atoms with E-state index in [4.69, 9.17) is 10.5 Å². The zero-order valence-electron chi connectivity index (χ0n) is 10.3. The molecular formula is C11H23N3O2. The summed E-state index contributed by atoms with van der Waals surface area (Å²) >= 11 is 0. The van der Waals surface area contributed by atoms with Crippen molar-refractivity contribution in [2.45, 2.75) is 19.9 Å². The van der Waals surface area contributed by atoms with Gasteiger partial charge in [-0.05, 0) is 13.8 Å². The Balaban J connectivity index is 2.20. The standard InChI is InChI=1S/C11H23N3O2/c1-3-16-9-8-13-4-6-14(7-5-13)11(15)10(2)12/h10H,3-9,12H2,1-2H3. The summed E-state index contributed by atoms with van der Waals surface area (Å²) in [5, 5.41) is 0. The zero-order chi connectivity index (χ0) is 12.0. The smallest absolute Gasteiger partial charge is 0.239 e. The van der Waals surface area contributed by atoms with Crippen molar-refractivity contribution in [1.82, 2.24) is 9.80 Å². The van der Waals surface area contributed by atoms with Crippen molar-refractivity contribution in [2.75, 3.05) is 45.9 Å². The van der Waals surface area contributed by atoms with Crippen molar-refractivity contribution < 1.29 is 9.53 Å². The Morgan fingerprint density at radius 1 is 1.38 bits per heavy atom. The maximum absolute atomic E-state index is 11.6. The lowest BCUT2D eigenvalue weighted by Crippen LogP contribution is -2.52. The monoisotopic (exact) mass is 229 g/mol. The molecule has 16 heavy (non-hydrogen) atoms. The summed E-state index contributed by atoms with van der Waals surface area (Å²) in [6, 6.07) is -0.380. The molecule has 0 aromatic heterocycles. The molecule has 2 N–H and O–H groups in total. The molecule has 5 heteroatoms. The van der Waals surface area contributed by atoms with E-state index in [1.165, 1.54) is 0 Å². The van der Waals surface area contributed by atoms with Crippen molar-refractivity contribution in [2.24, 2.45) is 5.73 Å². The highest BCUT2D eigenvalue weighted by molar-refractivity contribution is 5.81. The van der Waals surface area contributed by atoms with Gasteiger partial charge in [0, 0.05) is 39.3 Å². The molecule has 5 nitrogen and oxygen atoms in total. The van der Waals surface area contributed by atoms with Crippen molar-refractivity contribution in [3.8, 4) is 0 Å². The van der Waals surface area contributed by atoms with Gasteiger partial charge in [-0.25, -0.2) is 0 Å². The maximum Gasteiger partial charge on any atom is 0.239 e. The van der Waals surface area contributed by atoms with Gasteiger partial charge in [0.05, 0.1) is 12.6 Å². The van der Waals surface area contributed by atoms with Gasteiger partial charge in [-0.1, -0.05) is 0 Å². The third-order valence-corrected chi connectivity index (χ3v) is 2.83. The molecule has 1 aliphatic heterocycles. The molecule has 1 fully saturated rings. The van der Waals surface area contributed by atoms with E-state index in [0.29, 0.717) is 0 Å². The number of nitrogens with zero attached hydrogens (tertiary/aromatic N) is 2. The molecule has 1 heterocycles. The van der Waals surface area contributed by atoms with Gasteiger partial charge in [0.25, 0.3) is 0 Å². The summed E-state index contributed by atoms with van der Waals surface area (Å²) in [5.41, 5.74) is 5.57. The third-order valence-electron chi connectivity index (χ3n) is 2.83. The summed E-state index contributed by atoms with van der Waals surface area (Å²) in [6.45, 7) is 9.65. The van der Waals surface area contributed by atoms with Gasteiger partial charge in [-0.15, -0.1) is 0 Å². The number of nitrogens with two attached hydrogens (primary N) is 1. The average molecular weight is 229 g/mol. The molecule has 0 saturated carbocycles. The van der Waals surface area contributed by atoms with E-state index < -0.39 is 0 Å². The fraction of sp³-hybridized carbons (Fsp3) is 0.909. The Labute approximate surface area is 97.5 Å². The van der Waals surface area contributed by atoms with Gasteiger partial charge in [0.15, 0.2) is 0 Å². The maximum atomic E-state index is 11.6. The van der Waals surface area contributed by atoms with Gasteiger partial charge in [0.1, 0.15) is 0 Å². The normalized spacial score (nSPS) is 19.8. The minimum absolute atomic E-state index is 0.0597. The molecule has 1 atom stereocenters. The molecule has 94 valence electrons. The Hall–Kier alpha value is -0.650. The number of amides is 1. The van der Waals surface area contributed by atoms with Gasteiger partial charge in [-0.3, -0.25) is 9.69 Å². The molecule has 1 aliphatic rings. The van der Waals surface area contributed by atoms with E-state index in [2.05, 4.69) is 4.90 Å². The molecule has 0 spiro atoms. The van der Waals surface area contributed by atoms with Gasteiger partial charge in [-0.2, -0.15) is 0 Å². The average Bonchev–Trinajstić information content (AvgIpc) is 2.29. The quantitative estimate of drug-likeness (QED) is 0.647. The summed E-state index contributed by atoms with van der Waals surface area (Å²) in [6.07, 6.45) is 0. The van der Waals surface area contributed by atoms with E-state index >= 15 is 0 Å². The first-order valence-electron chi connectivity index (χ1n) is 5.99. The summed E-state index contributed by atoms with van der Waals surface area (Å²) in [7, 11) is 0. The largest absolute Gasteiger partial charge is 0.380 e. The Morgan fingerprint density at radius 2 is 2.00 bits per heavy atom. The van der Waals surface area contributed by atoms with Crippen LogP contribution in [-0.4, -0.2) is 67.7 Å². The second kappa shape index (κ2) is 6.83. The number of piperazine rings is 1. The van der Waals surface area contributed by atoms with Crippen LogP contribution < -0.4 is 5.73 Å². The van der Waals surface area contributed by atoms with Crippen molar-refractivity contribution >= 4 is 5.91 Å². The molecular weight excluding hydrogens is 206 g/mol. The van der Waals surface area contributed by atoms with Crippen LogP contribution in [0.5, 0.6) is 0 Å². The number of hydrogen-bond donors (Lipinski definition) is 1. The topological polar surface area (TPSA) is 58.8 Å². The lowest BCUT2D eigenvalue weighted by molar-refractivity contribution is -0.134. The van der Waals surface area contributed by atoms with Crippen LogP contribution in [0.15, 0.2) is 0 Å². The number of rotatable bonds is 5. The van der Waals surface area contributed by atoms with E-state index in [9.17, 15) is 4.79 Å². The highest BCUT2D eigenvalue weighted by Gasteiger charge is 2.22. The molecule has 0 aliphatic carbocycles. The van der Waals surface area contributed by atoms with Gasteiger partial charge >= 0.3 is 0 Å². The highest BCUT2D eigenvalue weighted by Crippen LogP contribution is 2.03.